The Labute approximate surface area is 148 Å². The Morgan fingerprint density at radius 1 is 1.20 bits per heavy atom. The van der Waals surface area contributed by atoms with Crippen LogP contribution >= 0.6 is 0 Å². The Hall–Kier alpha value is -2.12. The maximum absolute atomic E-state index is 12.8. The zero-order valence-corrected chi connectivity index (χ0v) is 15.2. The maximum Gasteiger partial charge on any atom is 0.254 e. The van der Waals surface area contributed by atoms with Crippen LogP contribution in [-0.2, 0) is 10.0 Å². The second kappa shape index (κ2) is 7.01. The minimum atomic E-state index is -3.54. The lowest BCUT2D eigenvalue weighted by molar-refractivity contribution is 0.0726. The first-order valence-corrected chi connectivity index (χ1v) is 9.76. The fourth-order valence-corrected chi connectivity index (χ4v) is 4.53. The summed E-state index contributed by atoms with van der Waals surface area (Å²) in [5.41, 5.74) is 0.348. The molecule has 0 radical (unpaired) electrons. The molecule has 2 aromatic rings. The molecule has 0 aliphatic carbocycles. The standard InChI is InChI=1S/C18H22N2O4S/c1-14(17-9-6-12-24-17)19(2)18(21)15-7-5-8-16(13-15)25(22,23)20-10-3-4-11-20/h5-9,12-14H,3-4,10-11H2,1-2H3. The van der Waals surface area contributed by atoms with Crippen LogP contribution in [0.15, 0.2) is 52.0 Å². The van der Waals surface area contributed by atoms with Gasteiger partial charge in [-0.3, -0.25) is 4.79 Å². The molecule has 0 N–H and O–H groups in total. The minimum Gasteiger partial charge on any atom is -0.467 e. The summed E-state index contributed by atoms with van der Waals surface area (Å²) < 4.78 is 32.2. The fraction of sp³-hybridized carbons (Fsp3) is 0.389. The SMILES string of the molecule is CC(c1ccco1)N(C)C(=O)c1cccc(S(=O)(=O)N2CCCC2)c1. The average molecular weight is 362 g/mol. The Morgan fingerprint density at radius 3 is 2.56 bits per heavy atom. The lowest BCUT2D eigenvalue weighted by Crippen LogP contribution is -2.30. The third-order valence-electron chi connectivity index (χ3n) is 4.64. The quantitative estimate of drug-likeness (QED) is 0.820. The number of sulfonamides is 1. The van der Waals surface area contributed by atoms with Crippen LogP contribution in [0.3, 0.4) is 0 Å². The van der Waals surface area contributed by atoms with Crippen molar-refractivity contribution < 1.29 is 17.6 Å². The average Bonchev–Trinajstić information content (AvgIpc) is 3.33. The van der Waals surface area contributed by atoms with Crippen molar-refractivity contribution in [1.82, 2.24) is 9.21 Å². The molecular formula is C18H22N2O4S. The van der Waals surface area contributed by atoms with Gasteiger partial charge in [0.05, 0.1) is 17.2 Å². The number of benzene rings is 1. The summed E-state index contributed by atoms with van der Waals surface area (Å²) in [5.74, 6) is 0.430. The zero-order chi connectivity index (χ0) is 18.0. The highest BCUT2D eigenvalue weighted by atomic mass is 32.2. The second-order valence-electron chi connectivity index (χ2n) is 6.25. The topological polar surface area (TPSA) is 70.8 Å². The van der Waals surface area contributed by atoms with E-state index in [2.05, 4.69) is 0 Å². The second-order valence-corrected chi connectivity index (χ2v) is 8.18. The molecule has 1 aromatic carbocycles. The molecule has 7 heteroatoms. The van der Waals surface area contributed by atoms with Crippen LogP contribution in [0, 0.1) is 0 Å². The molecule has 134 valence electrons. The molecule has 6 nitrogen and oxygen atoms in total. The Morgan fingerprint density at radius 2 is 1.92 bits per heavy atom. The van der Waals surface area contributed by atoms with E-state index in [-0.39, 0.29) is 16.8 Å². The highest BCUT2D eigenvalue weighted by molar-refractivity contribution is 7.89. The molecule has 1 amide bonds. The molecule has 1 saturated heterocycles. The van der Waals surface area contributed by atoms with Crippen molar-refractivity contribution in [2.45, 2.75) is 30.7 Å². The third kappa shape index (κ3) is 3.48. The number of nitrogens with zero attached hydrogens (tertiary/aromatic N) is 2. The van der Waals surface area contributed by atoms with E-state index >= 15 is 0 Å². The number of hydrogen-bond acceptors (Lipinski definition) is 4. The van der Waals surface area contributed by atoms with Crippen molar-refractivity contribution in [2.24, 2.45) is 0 Å². The van der Waals surface area contributed by atoms with Gasteiger partial charge < -0.3 is 9.32 Å². The molecule has 1 aliphatic rings. The molecule has 2 heterocycles. The van der Waals surface area contributed by atoms with E-state index in [1.807, 2.05) is 13.0 Å². The Kier molecular flexibility index (Phi) is 4.96. The summed E-state index contributed by atoms with van der Waals surface area (Å²) in [7, 11) is -1.86. The fourth-order valence-electron chi connectivity index (χ4n) is 2.97. The summed E-state index contributed by atoms with van der Waals surface area (Å²) in [6, 6.07) is 9.58. The van der Waals surface area contributed by atoms with Crippen molar-refractivity contribution in [1.29, 1.82) is 0 Å². The third-order valence-corrected chi connectivity index (χ3v) is 6.53. The lowest BCUT2D eigenvalue weighted by Gasteiger charge is -2.24. The first-order valence-electron chi connectivity index (χ1n) is 8.32. The van der Waals surface area contributed by atoms with Gasteiger partial charge in [0.25, 0.3) is 5.91 Å². The van der Waals surface area contributed by atoms with Crippen LogP contribution in [0.4, 0.5) is 0 Å². The van der Waals surface area contributed by atoms with E-state index in [0.717, 1.165) is 12.8 Å². The molecule has 1 aromatic heterocycles. The van der Waals surface area contributed by atoms with E-state index in [0.29, 0.717) is 24.4 Å². The van der Waals surface area contributed by atoms with Gasteiger partial charge in [0.2, 0.25) is 10.0 Å². The monoisotopic (exact) mass is 362 g/mol. The van der Waals surface area contributed by atoms with Gasteiger partial charge in [-0.25, -0.2) is 8.42 Å². The normalized spacial score (nSPS) is 16.7. The summed E-state index contributed by atoms with van der Waals surface area (Å²) in [6.07, 6.45) is 3.32. The van der Waals surface area contributed by atoms with Crippen LogP contribution in [0.2, 0.25) is 0 Å². The van der Waals surface area contributed by atoms with Crippen LogP contribution < -0.4 is 0 Å². The molecule has 0 spiro atoms. The predicted molar refractivity (Wildman–Crippen MR) is 93.7 cm³/mol. The maximum atomic E-state index is 12.8. The molecule has 1 atom stereocenters. The van der Waals surface area contributed by atoms with E-state index in [4.69, 9.17) is 4.42 Å². The van der Waals surface area contributed by atoms with E-state index in [1.165, 1.54) is 10.4 Å². The van der Waals surface area contributed by atoms with Crippen LogP contribution in [0.1, 0.15) is 41.9 Å². The molecule has 25 heavy (non-hydrogen) atoms. The van der Waals surface area contributed by atoms with Gasteiger partial charge in [-0.2, -0.15) is 4.31 Å². The summed E-state index contributed by atoms with van der Waals surface area (Å²) >= 11 is 0. The molecule has 0 bridgehead atoms. The smallest absolute Gasteiger partial charge is 0.254 e. The van der Waals surface area contributed by atoms with Crippen LogP contribution in [0.25, 0.3) is 0 Å². The van der Waals surface area contributed by atoms with Gasteiger partial charge in [0.15, 0.2) is 0 Å². The zero-order valence-electron chi connectivity index (χ0n) is 14.4. The van der Waals surface area contributed by atoms with E-state index in [1.54, 1.807) is 42.5 Å². The van der Waals surface area contributed by atoms with Gasteiger partial charge in [-0.15, -0.1) is 0 Å². The molecule has 3 rings (SSSR count). The molecule has 1 fully saturated rings. The Bertz CT molecular complexity index is 840. The predicted octanol–water partition coefficient (Wildman–Crippen LogP) is 2.90. The first-order chi connectivity index (χ1) is 11.9. The number of carbonyl (C=O) groups excluding carboxylic acids is 1. The van der Waals surface area contributed by atoms with E-state index < -0.39 is 10.0 Å². The van der Waals surface area contributed by atoms with E-state index in [9.17, 15) is 13.2 Å². The summed E-state index contributed by atoms with van der Waals surface area (Å²) in [6.45, 7) is 2.94. The first kappa shape index (κ1) is 17.7. The van der Waals surface area contributed by atoms with Crippen molar-refractivity contribution in [3.63, 3.8) is 0 Å². The highest BCUT2D eigenvalue weighted by Crippen LogP contribution is 2.24. The number of carbonyl (C=O) groups is 1. The van der Waals surface area contributed by atoms with Crippen LogP contribution in [0.5, 0.6) is 0 Å². The van der Waals surface area contributed by atoms with Crippen molar-refractivity contribution in [3.05, 3.63) is 54.0 Å². The van der Waals surface area contributed by atoms with Gasteiger partial charge >= 0.3 is 0 Å². The molecular weight excluding hydrogens is 340 g/mol. The molecule has 1 unspecified atom stereocenters. The Balaban J connectivity index is 1.84. The van der Waals surface area contributed by atoms with Gasteiger partial charge in [0, 0.05) is 25.7 Å². The number of rotatable bonds is 5. The largest absolute Gasteiger partial charge is 0.467 e. The molecule has 1 aliphatic heterocycles. The number of furan rings is 1. The highest BCUT2D eigenvalue weighted by Gasteiger charge is 2.28. The van der Waals surface area contributed by atoms with Crippen molar-refractivity contribution in [3.8, 4) is 0 Å². The van der Waals surface area contributed by atoms with Gasteiger partial charge in [-0.05, 0) is 50.1 Å². The van der Waals surface area contributed by atoms with Crippen molar-refractivity contribution in [2.75, 3.05) is 20.1 Å². The number of amides is 1. The summed E-state index contributed by atoms with van der Waals surface area (Å²) in [4.78, 5) is 14.5. The van der Waals surface area contributed by atoms with Gasteiger partial charge in [-0.1, -0.05) is 6.07 Å². The molecule has 0 saturated carbocycles. The van der Waals surface area contributed by atoms with Crippen molar-refractivity contribution >= 4 is 15.9 Å². The van der Waals surface area contributed by atoms with Gasteiger partial charge in [0.1, 0.15) is 5.76 Å². The lowest BCUT2D eigenvalue weighted by atomic mass is 10.1. The minimum absolute atomic E-state index is 0.166. The van der Waals surface area contributed by atoms with Crippen LogP contribution in [-0.4, -0.2) is 43.7 Å². The number of hydrogen-bond donors (Lipinski definition) is 0. The summed E-state index contributed by atoms with van der Waals surface area (Å²) in [5, 5.41) is 0.